The highest BCUT2D eigenvalue weighted by Gasteiger charge is 2.25. The van der Waals surface area contributed by atoms with E-state index >= 15 is 0 Å². The molecule has 1 N–H and O–H groups in total. The highest BCUT2D eigenvalue weighted by molar-refractivity contribution is 5.42. The van der Waals surface area contributed by atoms with Crippen LogP contribution in [0.5, 0.6) is 0 Å². The van der Waals surface area contributed by atoms with E-state index in [-0.39, 0.29) is 0 Å². The van der Waals surface area contributed by atoms with Crippen molar-refractivity contribution < 1.29 is 0 Å². The molecule has 19 heavy (non-hydrogen) atoms. The van der Waals surface area contributed by atoms with Crippen LogP contribution in [0.25, 0.3) is 0 Å². The molecule has 2 rings (SSSR count). The molecule has 0 aliphatic carbocycles. The molecule has 1 aromatic rings. The summed E-state index contributed by atoms with van der Waals surface area (Å²) >= 11 is 0. The van der Waals surface area contributed by atoms with Gasteiger partial charge in [0.2, 0.25) is 0 Å². The zero-order chi connectivity index (χ0) is 13.7. The van der Waals surface area contributed by atoms with Gasteiger partial charge in [-0.2, -0.15) is 0 Å². The number of nitrogens with one attached hydrogen (secondary N) is 1. The van der Waals surface area contributed by atoms with E-state index in [1.807, 2.05) is 0 Å². The SMILES string of the molecule is CCNCc1cccc(N2CCCC2CN(C)C)n1. The van der Waals surface area contributed by atoms with Gasteiger partial charge in [-0.25, -0.2) is 4.98 Å². The molecule has 0 amide bonds. The zero-order valence-corrected chi connectivity index (χ0v) is 12.4. The minimum absolute atomic E-state index is 0.608. The van der Waals surface area contributed by atoms with E-state index in [1.54, 1.807) is 0 Å². The standard InChI is InChI=1S/C15H26N4/c1-4-16-11-13-7-5-9-15(17-13)19-10-6-8-14(19)12-18(2)3/h5,7,9,14,16H,4,6,8,10-12H2,1-3H3. The summed E-state index contributed by atoms with van der Waals surface area (Å²) in [4.78, 5) is 9.53. The highest BCUT2D eigenvalue weighted by Crippen LogP contribution is 2.24. The van der Waals surface area contributed by atoms with Crippen LogP contribution in [0.3, 0.4) is 0 Å². The number of nitrogens with zero attached hydrogens (tertiary/aromatic N) is 3. The van der Waals surface area contributed by atoms with Crippen LogP contribution < -0.4 is 10.2 Å². The smallest absolute Gasteiger partial charge is 0.129 e. The second-order valence-electron chi connectivity index (χ2n) is 5.52. The van der Waals surface area contributed by atoms with Crippen molar-refractivity contribution in [1.82, 2.24) is 15.2 Å². The van der Waals surface area contributed by atoms with Crippen molar-refractivity contribution in [3.63, 3.8) is 0 Å². The maximum absolute atomic E-state index is 4.79. The third-order valence-corrected chi connectivity index (χ3v) is 3.60. The molecule has 1 aliphatic rings. The van der Waals surface area contributed by atoms with Crippen molar-refractivity contribution in [2.45, 2.75) is 32.4 Å². The number of likely N-dealkylation sites (N-methyl/N-ethyl adjacent to an activating group) is 1. The van der Waals surface area contributed by atoms with Gasteiger partial charge in [0, 0.05) is 25.7 Å². The largest absolute Gasteiger partial charge is 0.352 e. The van der Waals surface area contributed by atoms with E-state index in [0.29, 0.717) is 6.04 Å². The highest BCUT2D eigenvalue weighted by atomic mass is 15.3. The van der Waals surface area contributed by atoms with Gasteiger partial charge in [-0.05, 0) is 45.6 Å². The molecule has 1 atom stereocenters. The van der Waals surface area contributed by atoms with Gasteiger partial charge >= 0.3 is 0 Å². The van der Waals surface area contributed by atoms with Gasteiger partial charge in [0.25, 0.3) is 0 Å². The van der Waals surface area contributed by atoms with Gasteiger partial charge in [0.15, 0.2) is 0 Å². The molecule has 4 nitrogen and oxygen atoms in total. The Balaban J connectivity index is 2.07. The van der Waals surface area contributed by atoms with E-state index in [2.05, 4.69) is 54.3 Å². The first kappa shape index (κ1) is 14.3. The number of rotatable bonds is 6. The molecule has 4 heteroatoms. The molecule has 1 aliphatic heterocycles. The Morgan fingerprint density at radius 1 is 1.42 bits per heavy atom. The van der Waals surface area contributed by atoms with Gasteiger partial charge < -0.3 is 15.1 Å². The Labute approximate surface area is 116 Å². The van der Waals surface area contributed by atoms with Gasteiger partial charge in [-0.3, -0.25) is 0 Å². The fourth-order valence-corrected chi connectivity index (χ4v) is 2.73. The van der Waals surface area contributed by atoms with Crippen LogP contribution in [0.4, 0.5) is 5.82 Å². The van der Waals surface area contributed by atoms with Gasteiger partial charge in [-0.1, -0.05) is 13.0 Å². The second kappa shape index (κ2) is 6.87. The van der Waals surface area contributed by atoms with E-state index in [1.165, 1.54) is 12.8 Å². The van der Waals surface area contributed by atoms with Crippen LogP contribution in [0.1, 0.15) is 25.5 Å². The molecular weight excluding hydrogens is 236 g/mol. The quantitative estimate of drug-likeness (QED) is 0.846. The Morgan fingerprint density at radius 3 is 3.00 bits per heavy atom. The van der Waals surface area contributed by atoms with Gasteiger partial charge in [-0.15, -0.1) is 0 Å². The van der Waals surface area contributed by atoms with E-state index in [4.69, 9.17) is 4.98 Å². The van der Waals surface area contributed by atoms with Crippen molar-refractivity contribution in [2.75, 3.05) is 38.6 Å². The number of aromatic nitrogens is 1. The summed E-state index contributed by atoms with van der Waals surface area (Å²) in [5.74, 6) is 1.14. The van der Waals surface area contributed by atoms with Crippen molar-refractivity contribution in [2.24, 2.45) is 0 Å². The predicted molar refractivity (Wildman–Crippen MR) is 80.5 cm³/mol. The molecule has 1 unspecified atom stereocenters. The lowest BCUT2D eigenvalue weighted by Gasteiger charge is -2.28. The zero-order valence-electron chi connectivity index (χ0n) is 12.4. The van der Waals surface area contributed by atoms with Crippen molar-refractivity contribution in [3.05, 3.63) is 23.9 Å². The third kappa shape index (κ3) is 3.91. The summed E-state index contributed by atoms with van der Waals surface area (Å²) in [5.41, 5.74) is 1.13. The summed E-state index contributed by atoms with van der Waals surface area (Å²) in [6.07, 6.45) is 2.55. The average Bonchev–Trinajstić information content (AvgIpc) is 2.84. The topological polar surface area (TPSA) is 31.4 Å². The summed E-state index contributed by atoms with van der Waals surface area (Å²) in [7, 11) is 4.29. The molecule has 1 fully saturated rings. The first-order valence-corrected chi connectivity index (χ1v) is 7.28. The Bertz CT molecular complexity index is 391. The van der Waals surface area contributed by atoms with E-state index in [9.17, 15) is 0 Å². The van der Waals surface area contributed by atoms with E-state index < -0.39 is 0 Å². The maximum atomic E-state index is 4.79. The van der Waals surface area contributed by atoms with Gasteiger partial charge in [0.1, 0.15) is 5.82 Å². The Morgan fingerprint density at radius 2 is 2.26 bits per heavy atom. The first-order valence-electron chi connectivity index (χ1n) is 7.28. The summed E-state index contributed by atoms with van der Waals surface area (Å²) in [5, 5.41) is 3.34. The normalized spacial score (nSPS) is 19.4. The predicted octanol–water partition coefficient (Wildman–Crippen LogP) is 1.72. The number of pyridine rings is 1. The molecule has 1 saturated heterocycles. The molecule has 2 heterocycles. The van der Waals surface area contributed by atoms with Crippen molar-refractivity contribution in [3.8, 4) is 0 Å². The molecule has 1 aromatic heterocycles. The summed E-state index contributed by atoms with van der Waals surface area (Å²) in [6.45, 7) is 6.21. The second-order valence-corrected chi connectivity index (χ2v) is 5.52. The molecule has 0 spiro atoms. The molecule has 0 aromatic carbocycles. The van der Waals surface area contributed by atoms with Gasteiger partial charge in [0.05, 0.1) is 5.69 Å². The minimum Gasteiger partial charge on any atom is -0.352 e. The monoisotopic (exact) mass is 262 g/mol. The summed E-state index contributed by atoms with van der Waals surface area (Å²) in [6, 6.07) is 6.98. The molecular formula is C15H26N4. The fourth-order valence-electron chi connectivity index (χ4n) is 2.73. The fraction of sp³-hybridized carbons (Fsp3) is 0.667. The molecule has 106 valence electrons. The molecule has 0 bridgehead atoms. The number of hydrogen-bond donors (Lipinski definition) is 1. The summed E-state index contributed by atoms with van der Waals surface area (Å²) < 4.78 is 0. The van der Waals surface area contributed by atoms with E-state index in [0.717, 1.165) is 37.7 Å². The molecule has 0 saturated carbocycles. The van der Waals surface area contributed by atoms with Crippen LogP contribution >= 0.6 is 0 Å². The lowest BCUT2D eigenvalue weighted by molar-refractivity contribution is 0.371. The number of anilines is 1. The lowest BCUT2D eigenvalue weighted by atomic mass is 10.2. The van der Waals surface area contributed by atoms with Crippen LogP contribution in [0.2, 0.25) is 0 Å². The number of hydrogen-bond acceptors (Lipinski definition) is 4. The first-order chi connectivity index (χ1) is 9.20. The van der Waals surface area contributed by atoms with Crippen LogP contribution in [0.15, 0.2) is 18.2 Å². The van der Waals surface area contributed by atoms with Crippen molar-refractivity contribution >= 4 is 5.82 Å². The van der Waals surface area contributed by atoms with Crippen molar-refractivity contribution in [1.29, 1.82) is 0 Å². The Kier molecular flexibility index (Phi) is 5.16. The Hall–Kier alpha value is -1.13. The van der Waals surface area contributed by atoms with Crippen LogP contribution in [0, 0.1) is 0 Å². The maximum Gasteiger partial charge on any atom is 0.129 e. The average molecular weight is 262 g/mol. The third-order valence-electron chi connectivity index (χ3n) is 3.60. The minimum atomic E-state index is 0.608. The lowest BCUT2D eigenvalue weighted by Crippen LogP contribution is -2.38. The molecule has 0 radical (unpaired) electrons. The van der Waals surface area contributed by atoms with Crippen LogP contribution in [-0.4, -0.2) is 49.7 Å². The van der Waals surface area contributed by atoms with Crippen LogP contribution in [-0.2, 0) is 6.54 Å².